The molecule has 0 saturated heterocycles. The van der Waals surface area contributed by atoms with E-state index in [1.807, 2.05) is 0 Å². The Balaban J connectivity index is 0. The molecule has 1 aromatic carbocycles. The molecule has 0 amide bonds. The van der Waals surface area contributed by atoms with Crippen molar-refractivity contribution in [3.63, 3.8) is 0 Å². The fourth-order valence-corrected chi connectivity index (χ4v) is 2.02. The first kappa shape index (κ1) is 20.2. The zero-order chi connectivity index (χ0) is 11.9. The van der Waals surface area contributed by atoms with E-state index in [2.05, 4.69) is 0 Å². The van der Waals surface area contributed by atoms with Gasteiger partial charge in [-0.25, -0.2) is 0 Å². The average Bonchev–Trinajstić information content (AvgIpc) is 1.99. The van der Waals surface area contributed by atoms with Gasteiger partial charge in [0.2, 0.25) is 0 Å². The Kier molecular flexibility index (Phi) is 8.12. The van der Waals surface area contributed by atoms with E-state index in [0.29, 0.717) is 18.2 Å². The molecule has 0 bridgehead atoms. The maximum absolute atomic E-state index is 10.6. The Hall–Kier alpha value is 0.840. The van der Waals surface area contributed by atoms with Gasteiger partial charge < -0.3 is 5.11 Å². The van der Waals surface area contributed by atoms with Crippen LogP contribution in [-0.2, 0) is 20.2 Å². The molecule has 0 aromatic heterocycles. The van der Waals surface area contributed by atoms with Crippen LogP contribution in [0.4, 0.5) is 0 Å². The fraction of sp³-hybridized carbons (Fsp3) is 0. The van der Waals surface area contributed by atoms with Crippen LogP contribution in [0.5, 0.6) is 5.75 Å². The summed E-state index contributed by atoms with van der Waals surface area (Å²) in [5.41, 5.74) is 0. The van der Waals surface area contributed by atoms with Gasteiger partial charge in [-0.1, -0.05) is 0 Å². The van der Waals surface area contributed by atoms with E-state index in [4.69, 9.17) is 14.2 Å². The van der Waals surface area contributed by atoms with Crippen molar-refractivity contribution in [1.29, 1.82) is 0 Å². The molecule has 17 heavy (non-hydrogen) atoms. The summed E-state index contributed by atoms with van der Waals surface area (Å²) in [6.07, 6.45) is 0. The fourth-order valence-electron chi connectivity index (χ4n) is 0.855. The zero-order valence-corrected chi connectivity index (χ0v) is 8.66. The standard InChI is InChI=1S/C6H6O7S2.2Na.2H/c7-4-1-5(14(8,9)10)3-6(2-4)15(11,12)13;;;;/h1-3,7H,(H,8,9,10)(H,11,12,13);;;;. The van der Waals surface area contributed by atoms with Gasteiger partial charge in [0.1, 0.15) is 5.75 Å². The monoisotopic (exact) mass is 302 g/mol. The van der Waals surface area contributed by atoms with Crippen molar-refractivity contribution in [2.45, 2.75) is 9.79 Å². The van der Waals surface area contributed by atoms with Gasteiger partial charge in [0.15, 0.2) is 0 Å². The summed E-state index contributed by atoms with van der Waals surface area (Å²) < 4.78 is 59.7. The van der Waals surface area contributed by atoms with Crippen molar-refractivity contribution in [1.82, 2.24) is 0 Å². The maximum atomic E-state index is 10.6. The summed E-state index contributed by atoms with van der Waals surface area (Å²) in [6, 6.07) is 1.80. The number of aromatic hydroxyl groups is 1. The predicted molar refractivity (Wildman–Crippen MR) is 62.0 cm³/mol. The third-order valence-electron chi connectivity index (χ3n) is 1.46. The van der Waals surface area contributed by atoms with Crippen molar-refractivity contribution in [3.8, 4) is 5.75 Å². The first-order valence-corrected chi connectivity index (χ1v) is 6.28. The van der Waals surface area contributed by atoms with Crippen LogP contribution in [0.25, 0.3) is 0 Å². The Morgan fingerprint density at radius 3 is 1.29 bits per heavy atom. The molecular weight excluding hydrogens is 294 g/mol. The van der Waals surface area contributed by atoms with Crippen LogP contribution in [-0.4, -0.2) is 90.2 Å². The molecule has 0 fully saturated rings. The minimum atomic E-state index is -4.64. The number of benzene rings is 1. The molecule has 0 aliphatic heterocycles. The zero-order valence-electron chi connectivity index (χ0n) is 7.02. The Labute approximate surface area is 142 Å². The molecule has 88 valence electrons. The number of rotatable bonds is 2. The number of hydrogen-bond donors (Lipinski definition) is 3. The summed E-state index contributed by atoms with van der Waals surface area (Å²) in [5.74, 6) is -0.710. The van der Waals surface area contributed by atoms with E-state index < -0.39 is 35.8 Å². The molecule has 0 radical (unpaired) electrons. The summed E-state index contributed by atoms with van der Waals surface area (Å²) in [7, 11) is -9.29. The molecule has 0 heterocycles. The molecule has 3 N–H and O–H groups in total. The third kappa shape index (κ3) is 6.01. The van der Waals surface area contributed by atoms with E-state index in [0.717, 1.165) is 0 Å². The van der Waals surface area contributed by atoms with E-state index in [1.54, 1.807) is 0 Å². The number of phenolic OH excluding ortho intramolecular Hbond substituents is 1. The van der Waals surface area contributed by atoms with Gasteiger partial charge in [0.25, 0.3) is 20.2 Å². The second kappa shape index (κ2) is 6.85. The molecular formula is C6H8Na2O7S2. The van der Waals surface area contributed by atoms with Crippen molar-refractivity contribution in [2.75, 3.05) is 0 Å². The molecule has 0 unspecified atom stereocenters. The second-order valence-corrected chi connectivity index (χ2v) is 5.46. The van der Waals surface area contributed by atoms with Gasteiger partial charge in [-0.05, 0) is 6.07 Å². The van der Waals surface area contributed by atoms with Crippen molar-refractivity contribution in [2.24, 2.45) is 0 Å². The SMILES string of the molecule is O=S(=O)(O)c1cc(O)cc(S(=O)(=O)O)c1.[NaH].[NaH]. The van der Waals surface area contributed by atoms with E-state index in [1.165, 1.54) is 0 Å². The number of hydrogen-bond acceptors (Lipinski definition) is 5. The summed E-state index contributed by atoms with van der Waals surface area (Å²) in [6.45, 7) is 0. The summed E-state index contributed by atoms with van der Waals surface area (Å²) >= 11 is 0. The normalized spacial score (nSPS) is 11.2. The molecule has 0 aliphatic rings. The first-order valence-electron chi connectivity index (χ1n) is 3.40. The van der Waals surface area contributed by atoms with Gasteiger partial charge in [-0.2, -0.15) is 16.8 Å². The molecule has 0 aliphatic carbocycles. The van der Waals surface area contributed by atoms with Crippen LogP contribution in [0.1, 0.15) is 0 Å². The topological polar surface area (TPSA) is 129 Å². The molecule has 0 saturated carbocycles. The van der Waals surface area contributed by atoms with Gasteiger partial charge in [0, 0.05) is 12.1 Å². The molecule has 0 atom stereocenters. The van der Waals surface area contributed by atoms with Crippen LogP contribution >= 0.6 is 0 Å². The predicted octanol–water partition coefficient (Wildman–Crippen LogP) is -1.41. The van der Waals surface area contributed by atoms with Crippen molar-refractivity contribution < 1.29 is 31.0 Å². The number of phenols is 1. The van der Waals surface area contributed by atoms with Crippen LogP contribution < -0.4 is 0 Å². The van der Waals surface area contributed by atoms with E-state index >= 15 is 0 Å². The van der Waals surface area contributed by atoms with Gasteiger partial charge in [-0.15, -0.1) is 0 Å². The molecule has 7 nitrogen and oxygen atoms in total. The molecule has 11 heteroatoms. The van der Waals surface area contributed by atoms with Crippen LogP contribution in [0.15, 0.2) is 28.0 Å². The van der Waals surface area contributed by atoms with Crippen LogP contribution in [0, 0.1) is 0 Å². The Morgan fingerprint density at radius 1 is 0.765 bits per heavy atom. The Morgan fingerprint density at radius 2 is 1.06 bits per heavy atom. The minimum absolute atomic E-state index is 0. The quantitative estimate of drug-likeness (QED) is 0.452. The summed E-state index contributed by atoms with van der Waals surface area (Å²) in [4.78, 5) is -1.65. The summed E-state index contributed by atoms with van der Waals surface area (Å²) in [5, 5.41) is 8.97. The van der Waals surface area contributed by atoms with Gasteiger partial charge in [-0.3, -0.25) is 9.11 Å². The van der Waals surface area contributed by atoms with Crippen LogP contribution in [0.3, 0.4) is 0 Å². The van der Waals surface area contributed by atoms with E-state index in [9.17, 15) is 16.8 Å². The van der Waals surface area contributed by atoms with Gasteiger partial charge in [0.05, 0.1) is 9.79 Å². The Bertz CT molecular complexity index is 543. The van der Waals surface area contributed by atoms with Crippen molar-refractivity contribution in [3.05, 3.63) is 18.2 Å². The molecule has 0 spiro atoms. The third-order valence-corrected chi connectivity index (χ3v) is 3.12. The second-order valence-electron chi connectivity index (χ2n) is 2.61. The van der Waals surface area contributed by atoms with Gasteiger partial charge >= 0.3 is 59.1 Å². The van der Waals surface area contributed by atoms with Crippen LogP contribution in [0.2, 0.25) is 0 Å². The molecule has 1 rings (SSSR count). The van der Waals surface area contributed by atoms with E-state index in [-0.39, 0.29) is 59.1 Å². The van der Waals surface area contributed by atoms with Crippen molar-refractivity contribution >= 4 is 79.4 Å². The first-order chi connectivity index (χ1) is 6.60. The molecule has 1 aromatic rings. The average molecular weight is 302 g/mol.